The van der Waals surface area contributed by atoms with Crippen LogP contribution in [0.3, 0.4) is 0 Å². The number of halogens is 1. The van der Waals surface area contributed by atoms with Crippen molar-refractivity contribution >= 4 is 11.6 Å². The summed E-state index contributed by atoms with van der Waals surface area (Å²) in [7, 11) is 1.93. The van der Waals surface area contributed by atoms with Gasteiger partial charge in [-0.15, -0.1) is 0 Å². The van der Waals surface area contributed by atoms with Gasteiger partial charge in [0.15, 0.2) is 0 Å². The lowest BCUT2D eigenvalue weighted by atomic mass is 10.1. The molecule has 0 heterocycles. The quantitative estimate of drug-likeness (QED) is 0.892. The first-order valence-corrected chi connectivity index (χ1v) is 6.24. The molecule has 0 saturated heterocycles. The molecule has 0 amide bonds. The predicted molar refractivity (Wildman–Crippen MR) is 75.5 cm³/mol. The maximum Gasteiger partial charge on any atom is 0.131 e. The number of ether oxygens (including phenoxy) is 1. The summed E-state index contributed by atoms with van der Waals surface area (Å²) in [4.78, 5) is 0. The Morgan fingerprint density at radius 1 is 1.11 bits per heavy atom. The zero-order valence-corrected chi connectivity index (χ0v) is 11.3. The number of hydrogen-bond acceptors (Lipinski definition) is 2. The van der Waals surface area contributed by atoms with Gasteiger partial charge in [-0.2, -0.15) is 0 Å². The third kappa shape index (κ3) is 3.25. The van der Waals surface area contributed by atoms with Gasteiger partial charge in [0.25, 0.3) is 0 Å². The lowest BCUT2D eigenvalue weighted by molar-refractivity contribution is 0.474. The molecule has 0 aliphatic heterocycles. The minimum Gasteiger partial charge on any atom is -0.457 e. The maximum absolute atomic E-state index is 5.87. The fraction of sp³-hybridized carbons (Fsp3) is 0.200. The summed E-state index contributed by atoms with van der Waals surface area (Å²) in [5, 5.41) is 3.86. The second-order valence-electron chi connectivity index (χ2n) is 4.20. The van der Waals surface area contributed by atoms with Gasteiger partial charge in [0.1, 0.15) is 11.5 Å². The first-order valence-electron chi connectivity index (χ1n) is 5.86. The number of benzene rings is 2. The van der Waals surface area contributed by atoms with Crippen molar-refractivity contribution in [3.63, 3.8) is 0 Å². The van der Waals surface area contributed by atoms with Gasteiger partial charge in [0.2, 0.25) is 0 Å². The van der Waals surface area contributed by atoms with Crippen LogP contribution in [0.4, 0.5) is 0 Å². The topological polar surface area (TPSA) is 21.3 Å². The molecule has 2 aromatic rings. The Morgan fingerprint density at radius 2 is 1.83 bits per heavy atom. The number of rotatable bonds is 4. The summed E-state index contributed by atoms with van der Waals surface area (Å²) in [5.74, 6) is 1.66. The maximum atomic E-state index is 5.87. The lowest BCUT2D eigenvalue weighted by Gasteiger charge is -2.12. The van der Waals surface area contributed by atoms with E-state index in [-0.39, 0.29) is 0 Å². The zero-order chi connectivity index (χ0) is 13.0. The summed E-state index contributed by atoms with van der Waals surface area (Å²) < 4.78 is 5.87. The molecule has 2 rings (SSSR count). The second kappa shape index (κ2) is 5.89. The number of nitrogens with one attached hydrogen (secondary N) is 1. The van der Waals surface area contributed by atoms with Crippen molar-refractivity contribution in [3.05, 3.63) is 58.6 Å². The zero-order valence-electron chi connectivity index (χ0n) is 10.5. The highest BCUT2D eigenvalue weighted by Crippen LogP contribution is 2.27. The molecular formula is C15H16ClNO. The van der Waals surface area contributed by atoms with E-state index in [0.717, 1.165) is 23.6 Å². The molecular weight excluding hydrogens is 246 g/mol. The summed E-state index contributed by atoms with van der Waals surface area (Å²) in [6.07, 6.45) is 0. The fourth-order valence-corrected chi connectivity index (χ4v) is 1.89. The van der Waals surface area contributed by atoms with E-state index in [0.29, 0.717) is 5.02 Å². The van der Waals surface area contributed by atoms with Crippen LogP contribution in [0.25, 0.3) is 0 Å². The van der Waals surface area contributed by atoms with Crippen LogP contribution in [0.2, 0.25) is 5.02 Å². The Balaban J connectivity index is 2.25. The smallest absolute Gasteiger partial charge is 0.131 e. The molecule has 2 aromatic carbocycles. The largest absolute Gasteiger partial charge is 0.457 e. The van der Waals surface area contributed by atoms with Crippen LogP contribution >= 0.6 is 11.6 Å². The molecule has 0 unspecified atom stereocenters. The minimum absolute atomic E-state index is 0.710. The van der Waals surface area contributed by atoms with Gasteiger partial charge in [-0.05, 0) is 44.3 Å². The standard InChI is InChI=1S/C15H16ClNO/c1-11-3-8-15(12(9-11)10-17-2)18-14-6-4-13(16)5-7-14/h3-9,17H,10H2,1-2H3. The van der Waals surface area contributed by atoms with Crippen LogP contribution in [-0.4, -0.2) is 7.05 Å². The van der Waals surface area contributed by atoms with E-state index in [9.17, 15) is 0 Å². The average molecular weight is 262 g/mol. The molecule has 0 saturated carbocycles. The first-order chi connectivity index (χ1) is 8.69. The fourth-order valence-electron chi connectivity index (χ4n) is 1.77. The number of hydrogen-bond donors (Lipinski definition) is 1. The van der Waals surface area contributed by atoms with Crippen molar-refractivity contribution in [2.24, 2.45) is 0 Å². The molecule has 0 bridgehead atoms. The molecule has 0 aliphatic carbocycles. The highest BCUT2D eigenvalue weighted by atomic mass is 35.5. The van der Waals surface area contributed by atoms with Gasteiger partial charge in [-0.1, -0.05) is 29.3 Å². The Bertz CT molecular complexity index is 523. The van der Waals surface area contributed by atoms with E-state index in [2.05, 4.69) is 18.3 Å². The molecule has 0 atom stereocenters. The van der Waals surface area contributed by atoms with E-state index < -0.39 is 0 Å². The van der Waals surface area contributed by atoms with E-state index >= 15 is 0 Å². The van der Waals surface area contributed by atoms with E-state index in [4.69, 9.17) is 16.3 Å². The Kier molecular flexibility index (Phi) is 4.24. The highest BCUT2D eigenvalue weighted by Gasteiger charge is 2.04. The van der Waals surface area contributed by atoms with Crippen molar-refractivity contribution in [3.8, 4) is 11.5 Å². The van der Waals surface area contributed by atoms with E-state index in [1.165, 1.54) is 5.56 Å². The van der Waals surface area contributed by atoms with E-state index in [1.807, 2.05) is 43.4 Å². The predicted octanol–water partition coefficient (Wildman–Crippen LogP) is 4.16. The van der Waals surface area contributed by atoms with Crippen molar-refractivity contribution in [2.75, 3.05) is 7.05 Å². The summed E-state index contributed by atoms with van der Waals surface area (Å²) in [5.41, 5.74) is 2.37. The van der Waals surface area contributed by atoms with Crippen LogP contribution in [0.15, 0.2) is 42.5 Å². The molecule has 1 N–H and O–H groups in total. The Hall–Kier alpha value is -1.51. The molecule has 0 aliphatic rings. The van der Waals surface area contributed by atoms with Crippen LogP contribution in [0, 0.1) is 6.92 Å². The SMILES string of the molecule is CNCc1cc(C)ccc1Oc1ccc(Cl)cc1. The van der Waals surface area contributed by atoms with Gasteiger partial charge in [0.05, 0.1) is 0 Å². The van der Waals surface area contributed by atoms with Crippen molar-refractivity contribution in [1.82, 2.24) is 5.32 Å². The lowest BCUT2D eigenvalue weighted by Crippen LogP contribution is -2.06. The minimum atomic E-state index is 0.710. The molecule has 0 aromatic heterocycles. The molecule has 0 fully saturated rings. The van der Waals surface area contributed by atoms with Gasteiger partial charge in [-0.3, -0.25) is 0 Å². The van der Waals surface area contributed by atoms with Gasteiger partial charge < -0.3 is 10.1 Å². The summed E-state index contributed by atoms with van der Waals surface area (Å²) in [6, 6.07) is 13.5. The second-order valence-corrected chi connectivity index (χ2v) is 4.63. The first kappa shape index (κ1) is 12.9. The van der Waals surface area contributed by atoms with E-state index in [1.54, 1.807) is 0 Å². The highest BCUT2D eigenvalue weighted by molar-refractivity contribution is 6.30. The van der Waals surface area contributed by atoms with Crippen LogP contribution in [0.5, 0.6) is 11.5 Å². The summed E-state index contributed by atoms with van der Waals surface area (Å²) >= 11 is 5.85. The normalized spacial score (nSPS) is 10.4. The van der Waals surface area contributed by atoms with Crippen molar-refractivity contribution in [2.45, 2.75) is 13.5 Å². The van der Waals surface area contributed by atoms with Gasteiger partial charge in [0, 0.05) is 17.1 Å². The van der Waals surface area contributed by atoms with Crippen molar-refractivity contribution in [1.29, 1.82) is 0 Å². The Morgan fingerprint density at radius 3 is 2.50 bits per heavy atom. The third-order valence-corrected chi connectivity index (χ3v) is 2.88. The molecule has 0 radical (unpaired) electrons. The van der Waals surface area contributed by atoms with Gasteiger partial charge in [-0.25, -0.2) is 0 Å². The van der Waals surface area contributed by atoms with Crippen LogP contribution < -0.4 is 10.1 Å². The van der Waals surface area contributed by atoms with Crippen LogP contribution in [-0.2, 0) is 6.54 Å². The molecule has 0 spiro atoms. The number of aryl methyl sites for hydroxylation is 1. The summed E-state index contributed by atoms with van der Waals surface area (Å²) in [6.45, 7) is 2.86. The Labute approximate surface area is 113 Å². The monoisotopic (exact) mass is 261 g/mol. The molecule has 3 heteroatoms. The third-order valence-electron chi connectivity index (χ3n) is 2.62. The van der Waals surface area contributed by atoms with Crippen LogP contribution in [0.1, 0.15) is 11.1 Å². The molecule has 18 heavy (non-hydrogen) atoms. The average Bonchev–Trinajstić information content (AvgIpc) is 2.36. The molecule has 94 valence electrons. The molecule has 2 nitrogen and oxygen atoms in total. The van der Waals surface area contributed by atoms with Gasteiger partial charge >= 0.3 is 0 Å². The van der Waals surface area contributed by atoms with Crippen molar-refractivity contribution < 1.29 is 4.74 Å².